The summed E-state index contributed by atoms with van der Waals surface area (Å²) in [4.78, 5) is 22.5. The predicted molar refractivity (Wildman–Crippen MR) is 74.3 cm³/mol. The summed E-state index contributed by atoms with van der Waals surface area (Å²) in [5, 5.41) is 15.0. The Bertz CT molecular complexity index is 759. The van der Waals surface area contributed by atoms with E-state index in [4.69, 9.17) is 0 Å². The number of hydrogen-bond acceptors (Lipinski definition) is 4. The molecule has 0 amide bonds. The van der Waals surface area contributed by atoms with E-state index in [-0.39, 0.29) is 11.6 Å². The van der Waals surface area contributed by atoms with E-state index >= 15 is 0 Å². The van der Waals surface area contributed by atoms with Crippen LogP contribution in [0.1, 0.15) is 39.9 Å². The molecule has 2 aromatic rings. The second-order valence-corrected chi connectivity index (χ2v) is 5.36. The van der Waals surface area contributed by atoms with Gasteiger partial charge in [-0.15, -0.1) is 0 Å². The zero-order chi connectivity index (χ0) is 14.6. The molecule has 0 spiro atoms. The van der Waals surface area contributed by atoms with Gasteiger partial charge in [0, 0.05) is 41.3 Å². The maximum Gasteiger partial charge on any atom is 0.278 e. The highest BCUT2D eigenvalue weighted by molar-refractivity contribution is 5.95. The van der Waals surface area contributed by atoms with Crippen LogP contribution in [0.15, 0.2) is 42.6 Å². The van der Waals surface area contributed by atoms with Gasteiger partial charge in [0.05, 0.1) is 10.6 Å². The summed E-state index contributed by atoms with van der Waals surface area (Å²) in [6.07, 6.45) is 7.15. The maximum atomic E-state index is 12.4. The molecule has 1 aromatic heterocycles. The van der Waals surface area contributed by atoms with Crippen molar-refractivity contribution in [1.29, 1.82) is 0 Å². The summed E-state index contributed by atoms with van der Waals surface area (Å²) in [7, 11) is 0. The minimum Gasteiger partial charge on any atom is -0.267 e. The van der Waals surface area contributed by atoms with E-state index in [2.05, 4.69) is 17.3 Å². The highest BCUT2D eigenvalue weighted by Gasteiger charge is 2.36. The lowest BCUT2D eigenvalue weighted by molar-refractivity contribution is -0.384. The van der Waals surface area contributed by atoms with Gasteiger partial charge in [-0.05, 0) is 18.6 Å². The van der Waals surface area contributed by atoms with Crippen LogP contribution < -0.4 is 0 Å². The lowest BCUT2D eigenvalue weighted by atomic mass is 10.1. The summed E-state index contributed by atoms with van der Waals surface area (Å²) in [5.74, 6) is 0.443. The SMILES string of the molecule is O=C(c1ccc([N+](=O)[O-])cc1)n1cc2c(n1)[C@@H]1C=C[C@H]2C1. The lowest BCUT2D eigenvalue weighted by Crippen LogP contribution is -2.13. The minimum absolute atomic E-state index is 0.0308. The molecule has 0 N–H and O–H groups in total. The first-order valence-electron chi connectivity index (χ1n) is 6.70. The van der Waals surface area contributed by atoms with Crippen LogP contribution in [0.2, 0.25) is 0 Å². The third-order valence-electron chi connectivity index (χ3n) is 4.14. The molecule has 0 radical (unpaired) electrons. The summed E-state index contributed by atoms with van der Waals surface area (Å²) >= 11 is 0. The van der Waals surface area contributed by atoms with Gasteiger partial charge in [0.1, 0.15) is 0 Å². The van der Waals surface area contributed by atoms with Crippen LogP contribution in [0.5, 0.6) is 0 Å². The fourth-order valence-corrected chi connectivity index (χ4v) is 3.07. The number of carbonyl (C=O) groups is 1. The quantitative estimate of drug-likeness (QED) is 0.481. The molecule has 1 aromatic carbocycles. The largest absolute Gasteiger partial charge is 0.278 e. The first-order valence-corrected chi connectivity index (χ1v) is 6.70. The van der Waals surface area contributed by atoms with Gasteiger partial charge in [-0.1, -0.05) is 12.2 Å². The Balaban J connectivity index is 1.65. The Morgan fingerprint density at radius 2 is 1.95 bits per heavy atom. The number of rotatable bonds is 2. The van der Waals surface area contributed by atoms with Crippen LogP contribution in [0.4, 0.5) is 5.69 Å². The number of nitrogens with zero attached hydrogens (tertiary/aromatic N) is 3. The number of nitro groups is 1. The summed E-state index contributed by atoms with van der Waals surface area (Å²) in [6, 6.07) is 5.57. The van der Waals surface area contributed by atoms with Crippen LogP contribution >= 0.6 is 0 Å². The van der Waals surface area contributed by atoms with Crippen molar-refractivity contribution in [3.05, 3.63) is 69.5 Å². The molecule has 6 heteroatoms. The number of allylic oxidation sites excluding steroid dienone is 2. The summed E-state index contributed by atoms with van der Waals surface area (Å²) in [5.41, 5.74) is 2.47. The van der Waals surface area contributed by atoms with Crippen molar-refractivity contribution in [1.82, 2.24) is 9.78 Å². The van der Waals surface area contributed by atoms with E-state index in [1.165, 1.54) is 28.9 Å². The smallest absolute Gasteiger partial charge is 0.267 e. The molecule has 104 valence electrons. The second kappa shape index (κ2) is 4.12. The molecular formula is C15H11N3O3. The van der Waals surface area contributed by atoms with Crippen molar-refractivity contribution in [3.63, 3.8) is 0 Å². The topological polar surface area (TPSA) is 78.0 Å². The standard InChI is InChI=1S/C15H11N3O3/c19-15(9-3-5-12(6-4-9)18(20)21)17-8-13-10-1-2-11(7-10)14(13)16-17/h1-6,8,10-11H,7H2/t10-,11+/m0/s1. The molecule has 0 fully saturated rings. The number of carbonyl (C=O) groups excluding carboxylic acids is 1. The van der Waals surface area contributed by atoms with Crippen molar-refractivity contribution >= 4 is 11.6 Å². The van der Waals surface area contributed by atoms with Crippen molar-refractivity contribution in [2.75, 3.05) is 0 Å². The maximum absolute atomic E-state index is 12.4. The van der Waals surface area contributed by atoms with Gasteiger partial charge in [-0.25, -0.2) is 4.68 Å². The first-order chi connectivity index (χ1) is 10.1. The molecule has 2 aliphatic carbocycles. The Morgan fingerprint density at radius 1 is 1.24 bits per heavy atom. The number of non-ortho nitro benzene ring substituents is 1. The van der Waals surface area contributed by atoms with Crippen molar-refractivity contribution in [2.24, 2.45) is 0 Å². The van der Waals surface area contributed by atoms with Crippen LogP contribution in [0.3, 0.4) is 0 Å². The van der Waals surface area contributed by atoms with E-state index < -0.39 is 4.92 Å². The molecular weight excluding hydrogens is 270 g/mol. The minimum atomic E-state index is -0.486. The molecule has 2 atom stereocenters. The number of hydrogen-bond donors (Lipinski definition) is 0. The van der Waals surface area contributed by atoms with Gasteiger partial charge >= 0.3 is 0 Å². The highest BCUT2D eigenvalue weighted by atomic mass is 16.6. The molecule has 4 rings (SSSR count). The summed E-state index contributed by atoms with van der Waals surface area (Å²) in [6.45, 7) is 0. The van der Waals surface area contributed by atoms with E-state index in [1.807, 2.05) is 0 Å². The molecule has 21 heavy (non-hydrogen) atoms. The normalized spacial score (nSPS) is 21.5. The zero-order valence-electron chi connectivity index (χ0n) is 11.0. The molecule has 0 saturated carbocycles. The van der Waals surface area contributed by atoms with Gasteiger partial charge in [0.2, 0.25) is 0 Å². The summed E-state index contributed by atoms with van der Waals surface area (Å²) < 4.78 is 1.35. The molecule has 0 saturated heterocycles. The van der Waals surface area contributed by atoms with E-state index in [9.17, 15) is 14.9 Å². The van der Waals surface area contributed by atoms with E-state index in [0.717, 1.165) is 17.7 Å². The lowest BCUT2D eigenvalue weighted by Gasteiger charge is -2.02. The van der Waals surface area contributed by atoms with Crippen molar-refractivity contribution in [2.45, 2.75) is 18.3 Å². The fraction of sp³-hybridized carbons (Fsp3) is 0.200. The van der Waals surface area contributed by atoms with Crippen LogP contribution in [0, 0.1) is 10.1 Å². The Kier molecular flexibility index (Phi) is 2.35. The van der Waals surface area contributed by atoms with Crippen molar-refractivity contribution in [3.8, 4) is 0 Å². The van der Waals surface area contributed by atoms with E-state index in [0.29, 0.717) is 17.4 Å². The number of nitro benzene ring substituents is 1. The average Bonchev–Trinajstić information content (AvgIpc) is 3.18. The van der Waals surface area contributed by atoms with Crippen LogP contribution in [-0.4, -0.2) is 20.6 Å². The number of aromatic nitrogens is 2. The predicted octanol–water partition coefficient (Wildman–Crippen LogP) is 2.62. The molecule has 6 nitrogen and oxygen atoms in total. The van der Waals surface area contributed by atoms with Gasteiger partial charge < -0.3 is 0 Å². The van der Waals surface area contributed by atoms with Gasteiger partial charge in [-0.2, -0.15) is 5.10 Å². The second-order valence-electron chi connectivity index (χ2n) is 5.36. The third kappa shape index (κ3) is 1.72. The highest BCUT2D eigenvalue weighted by Crippen LogP contribution is 2.47. The molecule has 0 unspecified atom stereocenters. The van der Waals surface area contributed by atoms with Gasteiger partial charge in [0.25, 0.3) is 11.6 Å². The molecule has 1 heterocycles. The monoisotopic (exact) mass is 281 g/mol. The molecule has 0 aliphatic heterocycles. The van der Waals surface area contributed by atoms with Crippen LogP contribution in [0.25, 0.3) is 0 Å². The Hall–Kier alpha value is -2.76. The zero-order valence-corrected chi connectivity index (χ0v) is 11.0. The fourth-order valence-electron chi connectivity index (χ4n) is 3.07. The van der Waals surface area contributed by atoms with Crippen molar-refractivity contribution < 1.29 is 9.72 Å². The van der Waals surface area contributed by atoms with Crippen LogP contribution in [-0.2, 0) is 0 Å². The van der Waals surface area contributed by atoms with Gasteiger partial charge in [0.15, 0.2) is 0 Å². The molecule has 2 bridgehead atoms. The average molecular weight is 281 g/mol. The van der Waals surface area contributed by atoms with Gasteiger partial charge in [-0.3, -0.25) is 14.9 Å². The first kappa shape index (κ1) is 12.0. The van der Waals surface area contributed by atoms with E-state index in [1.54, 1.807) is 6.20 Å². The molecule has 2 aliphatic rings. The third-order valence-corrected chi connectivity index (χ3v) is 4.14. The number of benzene rings is 1. The number of fused-ring (bicyclic) bond motifs is 5. The Labute approximate surface area is 119 Å². The Morgan fingerprint density at radius 3 is 2.62 bits per heavy atom.